The molecule has 0 fully saturated rings. The molecule has 0 N–H and O–H groups in total. The predicted octanol–water partition coefficient (Wildman–Crippen LogP) is 3.36. The van der Waals surface area contributed by atoms with Crippen LogP contribution < -0.4 is 0 Å². The lowest BCUT2D eigenvalue weighted by atomic mass is 10.7. The molecule has 0 aromatic rings. The van der Waals surface area contributed by atoms with Gasteiger partial charge >= 0.3 is 19.9 Å². The van der Waals surface area contributed by atoms with Crippen molar-refractivity contribution >= 4 is 7.60 Å². The van der Waals surface area contributed by atoms with E-state index in [1.807, 2.05) is 0 Å². The van der Waals surface area contributed by atoms with E-state index in [2.05, 4.69) is 9.05 Å². The number of rotatable bonds is 5. The van der Waals surface area contributed by atoms with Crippen LogP contribution in [0.15, 0.2) is 0 Å². The minimum absolute atomic E-state index is 0.570. The molecule has 0 unspecified atom stereocenters. The maximum Gasteiger partial charge on any atom is 0.412 e. The van der Waals surface area contributed by atoms with Gasteiger partial charge < -0.3 is 0 Å². The standard InChI is InChI=1S/C6H9F6O3P/c1-2-16(13,14-3-5(7,8)9)15-4-6(10,11)12/h2-4H2,1H3. The van der Waals surface area contributed by atoms with Gasteiger partial charge in [-0.05, 0) is 0 Å². The van der Waals surface area contributed by atoms with E-state index >= 15 is 0 Å². The van der Waals surface area contributed by atoms with Crippen molar-refractivity contribution in [3.63, 3.8) is 0 Å². The lowest BCUT2D eigenvalue weighted by Crippen LogP contribution is -2.20. The normalized spacial score (nSPS) is 14.2. The van der Waals surface area contributed by atoms with Gasteiger partial charge in [-0.2, -0.15) is 26.3 Å². The fourth-order valence-corrected chi connectivity index (χ4v) is 1.69. The molecule has 3 nitrogen and oxygen atoms in total. The first-order valence-corrected chi connectivity index (χ1v) is 5.72. The third kappa shape index (κ3) is 7.95. The second-order valence-electron chi connectivity index (χ2n) is 2.70. The van der Waals surface area contributed by atoms with Crippen molar-refractivity contribution in [2.75, 3.05) is 19.4 Å². The van der Waals surface area contributed by atoms with E-state index in [1.54, 1.807) is 0 Å². The fraction of sp³-hybridized carbons (Fsp3) is 1.00. The van der Waals surface area contributed by atoms with Gasteiger partial charge in [0.05, 0.1) is 0 Å². The van der Waals surface area contributed by atoms with Gasteiger partial charge in [-0.15, -0.1) is 0 Å². The van der Waals surface area contributed by atoms with Gasteiger partial charge in [-0.1, -0.05) is 6.92 Å². The third-order valence-electron chi connectivity index (χ3n) is 1.24. The van der Waals surface area contributed by atoms with Gasteiger partial charge in [-0.3, -0.25) is 13.6 Å². The van der Waals surface area contributed by atoms with Crippen LogP contribution >= 0.6 is 7.60 Å². The Labute approximate surface area is 87.2 Å². The molecule has 0 aromatic heterocycles. The summed E-state index contributed by atoms with van der Waals surface area (Å²) in [5, 5.41) is 0. The molecule has 0 bridgehead atoms. The Kier molecular flexibility index (Phi) is 5.28. The Morgan fingerprint density at radius 3 is 1.44 bits per heavy atom. The van der Waals surface area contributed by atoms with Crippen molar-refractivity contribution in [1.82, 2.24) is 0 Å². The lowest BCUT2D eigenvalue weighted by Gasteiger charge is -2.18. The molecule has 0 rings (SSSR count). The molecule has 16 heavy (non-hydrogen) atoms. The zero-order valence-corrected chi connectivity index (χ0v) is 8.96. The molecule has 0 aliphatic carbocycles. The van der Waals surface area contributed by atoms with E-state index in [0.717, 1.165) is 6.92 Å². The molecule has 0 amide bonds. The zero-order chi connectivity index (χ0) is 13.0. The molecule has 0 saturated heterocycles. The molecule has 0 radical (unpaired) electrons. The van der Waals surface area contributed by atoms with Crippen molar-refractivity contribution in [3.8, 4) is 0 Å². The van der Waals surface area contributed by atoms with Crippen LogP contribution in [-0.2, 0) is 13.6 Å². The summed E-state index contributed by atoms with van der Waals surface area (Å²) in [4.78, 5) is 0. The molecule has 0 aliphatic rings. The summed E-state index contributed by atoms with van der Waals surface area (Å²) in [6, 6.07) is 0. The minimum Gasteiger partial charge on any atom is -0.299 e. The van der Waals surface area contributed by atoms with E-state index in [4.69, 9.17) is 0 Å². The molecule has 0 atom stereocenters. The first kappa shape index (κ1) is 15.7. The highest BCUT2D eigenvalue weighted by Crippen LogP contribution is 2.49. The molecule has 0 spiro atoms. The predicted molar refractivity (Wildman–Crippen MR) is 42.2 cm³/mol. The van der Waals surface area contributed by atoms with Crippen molar-refractivity contribution in [3.05, 3.63) is 0 Å². The highest BCUT2D eigenvalue weighted by molar-refractivity contribution is 7.53. The minimum atomic E-state index is -4.77. The lowest BCUT2D eigenvalue weighted by molar-refractivity contribution is -0.165. The molecule has 0 saturated carbocycles. The van der Waals surface area contributed by atoms with Crippen molar-refractivity contribution in [2.45, 2.75) is 19.3 Å². The van der Waals surface area contributed by atoms with Crippen LogP contribution in [0, 0.1) is 0 Å². The highest BCUT2D eigenvalue weighted by atomic mass is 31.2. The molecular formula is C6H9F6O3P. The maximum absolute atomic E-state index is 11.7. The van der Waals surface area contributed by atoms with Crippen LogP contribution in [0.4, 0.5) is 26.3 Å². The summed E-state index contributed by atoms with van der Waals surface area (Å²) in [6.07, 6.45) is -10.1. The maximum atomic E-state index is 11.7. The SMILES string of the molecule is CCP(=O)(OCC(F)(F)F)OCC(F)(F)F. The quantitative estimate of drug-likeness (QED) is 0.569. The molecule has 10 heteroatoms. The second kappa shape index (κ2) is 5.37. The Bertz CT molecular complexity index is 238. The van der Waals surface area contributed by atoms with Crippen LogP contribution in [0.1, 0.15) is 6.92 Å². The third-order valence-corrected chi connectivity index (χ3v) is 3.06. The van der Waals surface area contributed by atoms with E-state index in [-0.39, 0.29) is 0 Å². The van der Waals surface area contributed by atoms with Crippen LogP contribution in [0.3, 0.4) is 0 Å². The summed E-state index contributed by atoms with van der Waals surface area (Å²) in [5.41, 5.74) is 0. The highest BCUT2D eigenvalue weighted by Gasteiger charge is 2.37. The van der Waals surface area contributed by atoms with Gasteiger partial charge in [0.2, 0.25) is 0 Å². The molecule has 98 valence electrons. The first-order chi connectivity index (χ1) is 6.97. The fourth-order valence-electron chi connectivity index (χ4n) is 0.563. The van der Waals surface area contributed by atoms with Gasteiger partial charge in [0.25, 0.3) is 0 Å². The van der Waals surface area contributed by atoms with E-state index in [0.29, 0.717) is 0 Å². The largest absolute Gasteiger partial charge is 0.412 e. The van der Waals surface area contributed by atoms with Gasteiger partial charge in [-0.25, -0.2) is 0 Å². The van der Waals surface area contributed by atoms with Crippen LogP contribution in [0.25, 0.3) is 0 Å². The summed E-state index contributed by atoms with van der Waals surface area (Å²) >= 11 is 0. The molecule has 0 aliphatic heterocycles. The van der Waals surface area contributed by atoms with Crippen molar-refractivity contribution in [2.24, 2.45) is 0 Å². The summed E-state index contributed by atoms with van der Waals surface area (Å²) in [5.74, 6) is 0. The average molecular weight is 274 g/mol. The molecule has 0 aromatic carbocycles. The number of hydrogen-bond donors (Lipinski definition) is 0. The van der Waals surface area contributed by atoms with Gasteiger partial charge in [0, 0.05) is 6.16 Å². The van der Waals surface area contributed by atoms with E-state index in [9.17, 15) is 30.9 Å². The summed E-state index contributed by atoms with van der Waals surface area (Å²) < 4.78 is 89.0. The van der Waals surface area contributed by atoms with Crippen LogP contribution in [0.5, 0.6) is 0 Å². The Morgan fingerprint density at radius 1 is 0.938 bits per heavy atom. The average Bonchev–Trinajstić information content (AvgIpc) is 2.09. The number of hydrogen-bond acceptors (Lipinski definition) is 3. The Morgan fingerprint density at radius 2 is 1.25 bits per heavy atom. The molecular weight excluding hydrogens is 265 g/mol. The van der Waals surface area contributed by atoms with E-state index in [1.165, 1.54) is 0 Å². The van der Waals surface area contributed by atoms with Crippen molar-refractivity contribution in [1.29, 1.82) is 0 Å². The van der Waals surface area contributed by atoms with Crippen molar-refractivity contribution < 1.29 is 40.0 Å². The van der Waals surface area contributed by atoms with Gasteiger partial charge in [0.1, 0.15) is 0 Å². The first-order valence-electron chi connectivity index (χ1n) is 3.99. The summed E-state index contributed by atoms with van der Waals surface area (Å²) in [7, 11) is -4.33. The van der Waals surface area contributed by atoms with Crippen LogP contribution in [0.2, 0.25) is 0 Å². The monoisotopic (exact) mass is 274 g/mol. The molecule has 0 heterocycles. The summed E-state index contributed by atoms with van der Waals surface area (Å²) in [6.45, 7) is -2.71. The smallest absolute Gasteiger partial charge is 0.299 e. The zero-order valence-electron chi connectivity index (χ0n) is 8.06. The van der Waals surface area contributed by atoms with Gasteiger partial charge in [0.15, 0.2) is 13.2 Å². The number of alkyl halides is 6. The number of halogens is 6. The Hall–Kier alpha value is -0.270. The second-order valence-corrected chi connectivity index (χ2v) is 5.08. The van der Waals surface area contributed by atoms with Crippen LogP contribution in [-0.4, -0.2) is 31.7 Å². The Balaban J connectivity index is 4.28. The van der Waals surface area contributed by atoms with E-state index < -0.39 is 39.3 Å². The topological polar surface area (TPSA) is 35.5 Å².